The third-order valence-electron chi connectivity index (χ3n) is 4.81. The van der Waals surface area contributed by atoms with Crippen LogP contribution in [0.15, 0.2) is 18.2 Å². The molecule has 0 saturated carbocycles. The molecule has 0 atom stereocenters. The topological polar surface area (TPSA) is 85.1 Å². The molecule has 0 fully saturated rings. The first kappa shape index (κ1) is 33.0. The number of fused-ring (bicyclic) bond motifs is 1. The summed E-state index contributed by atoms with van der Waals surface area (Å²) in [5.74, 6) is -62.5. The van der Waals surface area contributed by atoms with Gasteiger partial charge in [0.25, 0.3) is 5.69 Å². The van der Waals surface area contributed by atoms with Crippen molar-refractivity contribution in [2.24, 2.45) is 0 Å². The Hall–Kier alpha value is -3.21. The van der Waals surface area contributed by atoms with Gasteiger partial charge in [0.05, 0.1) is 15.1 Å². The highest BCUT2D eigenvalue weighted by molar-refractivity contribution is 7.22. The van der Waals surface area contributed by atoms with E-state index in [1.54, 1.807) is 0 Å². The zero-order chi connectivity index (χ0) is 31.7. The summed E-state index contributed by atoms with van der Waals surface area (Å²) in [7, 11) is 0. The van der Waals surface area contributed by atoms with Gasteiger partial charge >= 0.3 is 53.5 Å². The van der Waals surface area contributed by atoms with Crippen LogP contribution >= 0.6 is 11.3 Å². The summed E-state index contributed by atoms with van der Waals surface area (Å²) in [6.45, 7) is 0. The van der Waals surface area contributed by atoms with Gasteiger partial charge in [-0.25, -0.2) is 4.98 Å². The number of nitro benzene ring substituents is 1. The van der Waals surface area contributed by atoms with Crippen LogP contribution in [-0.2, 0) is 4.79 Å². The van der Waals surface area contributed by atoms with Crippen LogP contribution in [0.3, 0.4) is 0 Å². The number of alkyl halides is 17. The Kier molecular flexibility index (Phi) is 7.55. The number of aromatic nitrogens is 1. The number of nitrogens with one attached hydrogen (secondary N) is 1. The minimum atomic E-state index is -8.82. The molecule has 1 N–H and O–H groups in total. The quantitative estimate of drug-likeness (QED) is 0.179. The van der Waals surface area contributed by atoms with Crippen molar-refractivity contribution in [2.45, 2.75) is 47.6 Å². The van der Waals surface area contributed by atoms with Crippen LogP contribution in [0.5, 0.6) is 0 Å². The molecular weight excluding hydrogens is 637 g/mol. The molecule has 1 amide bonds. The number of carbonyl (C=O) groups excluding carboxylic acids is 1. The van der Waals surface area contributed by atoms with Crippen LogP contribution in [0, 0.1) is 10.1 Å². The van der Waals surface area contributed by atoms with Gasteiger partial charge in [0, 0.05) is 12.1 Å². The number of nitrogens with zero attached hydrogens (tertiary/aromatic N) is 2. The molecule has 1 heterocycles. The van der Waals surface area contributed by atoms with E-state index in [0.717, 1.165) is 12.1 Å². The fourth-order valence-corrected chi connectivity index (χ4v) is 3.46. The van der Waals surface area contributed by atoms with Gasteiger partial charge < -0.3 is 0 Å². The first-order valence-electron chi connectivity index (χ1n) is 9.10. The van der Waals surface area contributed by atoms with Crippen molar-refractivity contribution in [3.63, 3.8) is 0 Å². The van der Waals surface area contributed by atoms with Crippen LogP contribution in [0.25, 0.3) is 10.2 Å². The van der Waals surface area contributed by atoms with Crippen LogP contribution < -0.4 is 5.32 Å². The number of hydrogen-bond donors (Lipinski definition) is 1. The molecular formula is C16H4F17N3O3S. The van der Waals surface area contributed by atoms with E-state index < -0.39 is 74.8 Å². The van der Waals surface area contributed by atoms with Crippen LogP contribution in [0.2, 0.25) is 0 Å². The van der Waals surface area contributed by atoms with E-state index in [4.69, 9.17) is 0 Å². The first-order chi connectivity index (χ1) is 17.5. The van der Waals surface area contributed by atoms with Gasteiger partial charge in [0.1, 0.15) is 0 Å². The number of carbonyl (C=O) groups is 1. The van der Waals surface area contributed by atoms with Gasteiger partial charge in [-0.15, -0.1) is 0 Å². The Labute approximate surface area is 209 Å². The van der Waals surface area contributed by atoms with Gasteiger partial charge in [0.15, 0.2) is 5.13 Å². The largest absolute Gasteiger partial charge is 0.460 e. The summed E-state index contributed by atoms with van der Waals surface area (Å²) >= 11 is -0.0608. The minimum Gasteiger partial charge on any atom is -0.296 e. The monoisotopic (exact) mass is 641 g/mol. The van der Waals surface area contributed by atoms with Crippen LogP contribution in [-0.4, -0.2) is 63.4 Å². The number of anilines is 1. The maximum atomic E-state index is 14.0. The van der Waals surface area contributed by atoms with E-state index in [0.29, 0.717) is 11.4 Å². The Bertz CT molecular complexity index is 1320. The van der Waals surface area contributed by atoms with Gasteiger partial charge in [-0.05, 0) is 6.07 Å². The fraction of sp³-hybridized carbons (Fsp3) is 0.500. The molecule has 0 spiro atoms. The van der Waals surface area contributed by atoms with E-state index >= 15 is 0 Å². The van der Waals surface area contributed by atoms with Crippen molar-refractivity contribution in [3.8, 4) is 0 Å². The molecule has 0 unspecified atom stereocenters. The lowest BCUT2D eigenvalue weighted by Crippen LogP contribution is -2.75. The molecule has 0 saturated heterocycles. The Morgan fingerprint density at radius 3 is 1.57 bits per heavy atom. The summed E-state index contributed by atoms with van der Waals surface area (Å²) in [4.78, 5) is 24.5. The van der Waals surface area contributed by atoms with Crippen molar-refractivity contribution in [1.82, 2.24) is 4.98 Å². The van der Waals surface area contributed by atoms with Crippen molar-refractivity contribution in [2.75, 3.05) is 5.32 Å². The number of non-ortho nitro benzene ring substituents is 1. The molecule has 6 nitrogen and oxygen atoms in total. The number of nitro groups is 1. The molecule has 2 rings (SSSR count). The van der Waals surface area contributed by atoms with Crippen LogP contribution in [0.1, 0.15) is 0 Å². The van der Waals surface area contributed by atoms with Gasteiger partial charge in [-0.3, -0.25) is 20.2 Å². The third-order valence-corrected chi connectivity index (χ3v) is 5.74. The zero-order valence-corrected chi connectivity index (χ0v) is 18.5. The average molecular weight is 641 g/mol. The molecule has 1 aromatic carbocycles. The van der Waals surface area contributed by atoms with E-state index in [1.807, 2.05) is 0 Å². The molecule has 2 aromatic rings. The smallest absolute Gasteiger partial charge is 0.296 e. The average Bonchev–Trinajstić information content (AvgIpc) is 3.18. The van der Waals surface area contributed by atoms with Crippen molar-refractivity contribution < 1.29 is 84.4 Å². The fourth-order valence-electron chi connectivity index (χ4n) is 2.56. The molecule has 24 heteroatoms. The summed E-state index contributed by atoms with van der Waals surface area (Å²) in [5, 5.41) is 10.1. The summed E-state index contributed by atoms with van der Waals surface area (Å²) in [6.07, 6.45) is -7.88. The lowest BCUT2D eigenvalue weighted by molar-refractivity contribution is -0.459. The summed E-state index contributed by atoms with van der Waals surface area (Å²) < 4.78 is 226. The number of rotatable bonds is 9. The van der Waals surface area contributed by atoms with E-state index in [2.05, 4.69) is 4.98 Å². The minimum absolute atomic E-state index is 0.0608. The normalized spacial score (nSPS) is 14.9. The number of benzene rings is 1. The predicted octanol–water partition coefficient (Wildman–Crippen LogP) is 7.15. The highest BCUT2D eigenvalue weighted by Crippen LogP contribution is 2.64. The van der Waals surface area contributed by atoms with Gasteiger partial charge in [-0.2, -0.15) is 74.6 Å². The molecule has 0 aliphatic heterocycles. The Morgan fingerprint density at radius 1 is 0.725 bits per heavy atom. The molecule has 0 bridgehead atoms. The maximum absolute atomic E-state index is 14.0. The van der Waals surface area contributed by atoms with E-state index in [-0.39, 0.29) is 16.0 Å². The van der Waals surface area contributed by atoms with Crippen LogP contribution in [0.4, 0.5) is 85.5 Å². The van der Waals surface area contributed by atoms with E-state index in [9.17, 15) is 89.5 Å². The Balaban J connectivity index is 2.52. The SMILES string of the molecule is O=C(Nc1nc2ccc([N+](=O)[O-])cc2s1)C(F)(F)C(F)(F)C(F)(F)C(F)(F)C(F)(F)C(F)(F)C(F)(F)C(F)(F)F. The van der Waals surface area contributed by atoms with E-state index in [1.165, 1.54) is 0 Å². The highest BCUT2D eigenvalue weighted by atomic mass is 32.1. The molecule has 226 valence electrons. The van der Waals surface area contributed by atoms with Gasteiger partial charge in [-0.1, -0.05) is 11.3 Å². The maximum Gasteiger partial charge on any atom is 0.460 e. The lowest BCUT2D eigenvalue weighted by Gasteiger charge is -2.42. The highest BCUT2D eigenvalue weighted by Gasteiger charge is 2.95. The predicted molar refractivity (Wildman–Crippen MR) is 95.6 cm³/mol. The standard InChI is InChI=1S/C16H4F17N3O3S/c17-9(18,7(37)35-8-34-5-2-1-4(36(38)39)3-6(5)40-8)10(19,20)11(21,22)12(23,24)13(25,26)14(27,28)15(29,30)16(31,32)33/h1-3H,(H,34,35,37). The lowest BCUT2D eigenvalue weighted by atomic mass is 9.89. The molecule has 0 radical (unpaired) electrons. The molecule has 1 aromatic heterocycles. The number of hydrogen-bond acceptors (Lipinski definition) is 5. The molecule has 40 heavy (non-hydrogen) atoms. The number of thiazole rings is 1. The molecule has 0 aliphatic rings. The van der Waals surface area contributed by atoms with Crippen molar-refractivity contribution in [3.05, 3.63) is 28.3 Å². The number of halogens is 17. The second-order valence-electron chi connectivity index (χ2n) is 7.40. The zero-order valence-electron chi connectivity index (χ0n) is 17.7. The second-order valence-corrected chi connectivity index (χ2v) is 8.43. The summed E-state index contributed by atoms with van der Waals surface area (Å²) in [5.41, 5.74) is -1.10. The first-order valence-corrected chi connectivity index (χ1v) is 9.92. The second kappa shape index (κ2) is 9.15. The van der Waals surface area contributed by atoms with Gasteiger partial charge in [0.2, 0.25) is 0 Å². The van der Waals surface area contributed by atoms with Crippen molar-refractivity contribution in [1.29, 1.82) is 0 Å². The number of amides is 1. The molecule has 0 aliphatic carbocycles. The van der Waals surface area contributed by atoms with Crippen molar-refractivity contribution >= 4 is 38.3 Å². The Morgan fingerprint density at radius 2 is 1.15 bits per heavy atom. The third kappa shape index (κ3) is 4.42. The summed E-state index contributed by atoms with van der Waals surface area (Å²) in [6, 6.07) is 2.17.